The average Bonchev–Trinajstić information content (AvgIpc) is 1.93. The normalized spacial score (nSPS) is 31.4. The molecule has 0 aromatic carbocycles. The number of aliphatic hydroxyl groups is 1. The van der Waals surface area contributed by atoms with Crippen LogP contribution >= 0.6 is 0 Å². The van der Waals surface area contributed by atoms with Crippen LogP contribution in [0.2, 0.25) is 0 Å². The molecule has 2 atom stereocenters. The van der Waals surface area contributed by atoms with Crippen molar-refractivity contribution < 1.29 is 14.6 Å². The van der Waals surface area contributed by atoms with Gasteiger partial charge >= 0.3 is 6.09 Å². The minimum absolute atomic E-state index is 0.436. The number of nitrogens with one attached hydrogen (secondary N) is 1. The van der Waals surface area contributed by atoms with E-state index in [4.69, 9.17) is 5.73 Å². The van der Waals surface area contributed by atoms with E-state index >= 15 is 0 Å². The predicted octanol–water partition coefficient (Wildman–Crippen LogP) is -1.20. The van der Waals surface area contributed by atoms with Crippen molar-refractivity contribution in [3.63, 3.8) is 0 Å². The molecular weight excluding hydrogens is 148 g/mol. The highest BCUT2D eigenvalue weighted by Crippen LogP contribution is 2.07. The predicted molar refractivity (Wildman–Crippen MR) is 37.9 cm³/mol. The molecule has 11 heavy (non-hydrogen) atoms. The van der Waals surface area contributed by atoms with E-state index in [9.17, 15) is 9.90 Å². The monoisotopic (exact) mass is 160 g/mol. The second kappa shape index (κ2) is 3.54. The molecule has 0 saturated carbocycles. The Kier molecular flexibility index (Phi) is 2.67. The summed E-state index contributed by atoms with van der Waals surface area (Å²) in [7, 11) is 0. The lowest BCUT2D eigenvalue weighted by molar-refractivity contribution is -0.0101. The number of β-amino-alcohol motifs (C(OH)–C–C–N with tert-alkyl or cyclic N) is 1. The van der Waals surface area contributed by atoms with E-state index in [1.807, 2.05) is 0 Å². The number of ether oxygens (including phenoxy) is 1. The van der Waals surface area contributed by atoms with Gasteiger partial charge in [0.2, 0.25) is 0 Å². The summed E-state index contributed by atoms with van der Waals surface area (Å²) in [4.78, 5) is 10.3. The van der Waals surface area contributed by atoms with E-state index in [-0.39, 0.29) is 0 Å². The molecule has 0 aromatic rings. The molecule has 1 heterocycles. The summed E-state index contributed by atoms with van der Waals surface area (Å²) in [5.74, 6) is 0. The molecule has 64 valence electrons. The SMILES string of the molecule is NC(=O)O[C@@H]1CCNC[C@@H]1O. The second-order valence-corrected chi connectivity index (χ2v) is 2.54. The maximum atomic E-state index is 10.3. The van der Waals surface area contributed by atoms with E-state index in [0.717, 1.165) is 6.54 Å². The number of rotatable bonds is 1. The van der Waals surface area contributed by atoms with Crippen LogP contribution in [0.1, 0.15) is 6.42 Å². The Labute approximate surface area is 64.5 Å². The molecule has 0 bridgehead atoms. The minimum Gasteiger partial charge on any atom is -0.444 e. The summed E-state index contributed by atoms with van der Waals surface area (Å²) in [6, 6.07) is 0. The quantitative estimate of drug-likeness (QED) is 0.450. The second-order valence-electron chi connectivity index (χ2n) is 2.54. The van der Waals surface area contributed by atoms with Crippen LogP contribution in [0.3, 0.4) is 0 Å². The molecule has 1 rings (SSSR count). The first-order valence-electron chi connectivity index (χ1n) is 3.55. The Balaban J connectivity index is 2.35. The van der Waals surface area contributed by atoms with Crippen molar-refractivity contribution in [2.24, 2.45) is 5.73 Å². The van der Waals surface area contributed by atoms with Crippen molar-refractivity contribution in [2.45, 2.75) is 18.6 Å². The van der Waals surface area contributed by atoms with Gasteiger partial charge in [-0.05, 0) is 13.0 Å². The molecular formula is C6H12N2O3. The summed E-state index contributed by atoms with van der Waals surface area (Å²) >= 11 is 0. The Bertz CT molecular complexity index is 151. The van der Waals surface area contributed by atoms with Crippen molar-refractivity contribution in [3.05, 3.63) is 0 Å². The molecule has 1 fully saturated rings. The Morgan fingerprint density at radius 3 is 3.00 bits per heavy atom. The maximum Gasteiger partial charge on any atom is 0.404 e. The van der Waals surface area contributed by atoms with E-state index in [0.29, 0.717) is 13.0 Å². The molecule has 0 spiro atoms. The first-order chi connectivity index (χ1) is 5.20. The average molecular weight is 160 g/mol. The fourth-order valence-electron chi connectivity index (χ4n) is 1.10. The lowest BCUT2D eigenvalue weighted by Gasteiger charge is -2.27. The third-order valence-corrected chi connectivity index (χ3v) is 1.66. The Hall–Kier alpha value is -0.810. The molecule has 4 N–H and O–H groups in total. The van der Waals surface area contributed by atoms with Crippen LogP contribution in [0.5, 0.6) is 0 Å². The Morgan fingerprint density at radius 2 is 2.45 bits per heavy atom. The van der Waals surface area contributed by atoms with Crippen LogP contribution in [0, 0.1) is 0 Å². The van der Waals surface area contributed by atoms with Crippen molar-refractivity contribution in [2.75, 3.05) is 13.1 Å². The van der Waals surface area contributed by atoms with Crippen LogP contribution < -0.4 is 11.1 Å². The summed E-state index contributed by atoms with van der Waals surface area (Å²) in [6.45, 7) is 1.20. The number of aliphatic hydroxyl groups excluding tert-OH is 1. The van der Waals surface area contributed by atoms with Gasteiger partial charge < -0.3 is 20.9 Å². The summed E-state index contributed by atoms with van der Waals surface area (Å²) in [5.41, 5.74) is 4.79. The van der Waals surface area contributed by atoms with Crippen molar-refractivity contribution in [3.8, 4) is 0 Å². The number of nitrogens with two attached hydrogens (primary N) is 1. The van der Waals surface area contributed by atoms with Gasteiger partial charge in [0.1, 0.15) is 12.2 Å². The maximum absolute atomic E-state index is 10.3. The molecule has 0 unspecified atom stereocenters. The van der Waals surface area contributed by atoms with Crippen molar-refractivity contribution in [1.82, 2.24) is 5.32 Å². The molecule has 1 aliphatic rings. The van der Waals surface area contributed by atoms with Gasteiger partial charge in [-0.1, -0.05) is 0 Å². The van der Waals surface area contributed by atoms with E-state index in [1.54, 1.807) is 0 Å². The zero-order chi connectivity index (χ0) is 8.27. The van der Waals surface area contributed by atoms with Gasteiger partial charge in [-0.2, -0.15) is 0 Å². The van der Waals surface area contributed by atoms with Gasteiger partial charge in [-0.25, -0.2) is 4.79 Å². The highest BCUT2D eigenvalue weighted by molar-refractivity contribution is 5.64. The summed E-state index contributed by atoms with van der Waals surface area (Å²) in [5, 5.41) is 12.2. The highest BCUT2D eigenvalue weighted by atomic mass is 16.6. The third-order valence-electron chi connectivity index (χ3n) is 1.66. The van der Waals surface area contributed by atoms with Gasteiger partial charge in [-0.3, -0.25) is 0 Å². The van der Waals surface area contributed by atoms with Crippen LogP contribution in [-0.4, -0.2) is 36.5 Å². The number of carbonyl (C=O) groups excluding carboxylic acids is 1. The molecule has 1 amide bonds. The number of piperidine rings is 1. The van der Waals surface area contributed by atoms with Gasteiger partial charge in [0.25, 0.3) is 0 Å². The number of hydrogen-bond acceptors (Lipinski definition) is 4. The molecule has 1 aliphatic heterocycles. The molecule has 0 aliphatic carbocycles. The standard InChI is InChI=1S/C6H12N2O3/c7-6(10)11-5-1-2-8-3-4(5)9/h4-5,8-9H,1-3H2,(H2,7,10)/t4-,5+/m0/s1. The first kappa shape index (κ1) is 8.29. The molecule has 0 aromatic heterocycles. The zero-order valence-corrected chi connectivity index (χ0v) is 6.12. The molecule has 5 heteroatoms. The minimum atomic E-state index is -0.823. The van der Waals surface area contributed by atoms with Gasteiger partial charge in [0.15, 0.2) is 0 Å². The van der Waals surface area contributed by atoms with Crippen LogP contribution in [-0.2, 0) is 4.74 Å². The number of hydrogen-bond donors (Lipinski definition) is 3. The fraction of sp³-hybridized carbons (Fsp3) is 0.833. The summed E-state index contributed by atoms with van der Waals surface area (Å²) < 4.78 is 4.65. The fourth-order valence-corrected chi connectivity index (χ4v) is 1.10. The van der Waals surface area contributed by atoms with Gasteiger partial charge in [0.05, 0.1) is 0 Å². The van der Waals surface area contributed by atoms with Crippen molar-refractivity contribution >= 4 is 6.09 Å². The lowest BCUT2D eigenvalue weighted by Crippen LogP contribution is -2.46. The zero-order valence-electron chi connectivity index (χ0n) is 6.12. The smallest absolute Gasteiger partial charge is 0.404 e. The largest absolute Gasteiger partial charge is 0.444 e. The van der Waals surface area contributed by atoms with E-state index in [1.165, 1.54) is 0 Å². The summed E-state index contributed by atoms with van der Waals surface area (Å²) in [6.07, 6.45) is -1.27. The first-order valence-corrected chi connectivity index (χ1v) is 3.55. The van der Waals surface area contributed by atoms with E-state index < -0.39 is 18.3 Å². The van der Waals surface area contributed by atoms with Crippen LogP contribution in [0.4, 0.5) is 4.79 Å². The van der Waals surface area contributed by atoms with Crippen molar-refractivity contribution in [1.29, 1.82) is 0 Å². The molecule has 0 radical (unpaired) electrons. The topological polar surface area (TPSA) is 84.6 Å². The van der Waals surface area contributed by atoms with Gasteiger partial charge in [0, 0.05) is 6.54 Å². The molecule has 5 nitrogen and oxygen atoms in total. The number of primary amides is 1. The number of carbonyl (C=O) groups is 1. The van der Waals surface area contributed by atoms with Crippen LogP contribution in [0.15, 0.2) is 0 Å². The van der Waals surface area contributed by atoms with E-state index in [2.05, 4.69) is 10.1 Å². The number of amides is 1. The lowest BCUT2D eigenvalue weighted by atomic mass is 10.1. The molecule has 1 saturated heterocycles. The van der Waals surface area contributed by atoms with Crippen LogP contribution in [0.25, 0.3) is 0 Å². The third kappa shape index (κ3) is 2.36. The highest BCUT2D eigenvalue weighted by Gasteiger charge is 2.25. The van der Waals surface area contributed by atoms with Gasteiger partial charge in [-0.15, -0.1) is 0 Å². The Morgan fingerprint density at radius 1 is 1.73 bits per heavy atom.